The maximum atomic E-state index is 10.2. The highest BCUT2D eigenvalue weighted by Gasteiger charge is 2.45. The number of nitrogens with zero attached hydrogens (tertiary/aromatic N) is 4. The van der Waals surface area contributed by atoms with E-state index < -0.39 is 37.3 Å². The normalized spacial score (nSPS) is 26.6. The molecule has 9 heteroatoms. The van der Waals surface area contributed by atoms with Crippen molar-refractivity contribution in [1.82, 2.24) is 20.2 Å². The molecule has 0 aliphatic carbocycles. The quantitative estimate of drug-likeness (QED) is 0.438. The van der Waals surface area contributed by atoms with Crippen LogP contribution in [0, 0.1) is 0 Å². The summed E-state index contributed by atoms with van der Waals surface area (Å²) in [6, 6.07) is 18.4. The van der Waals surface area contributed by atoms with Crippen LogP contribution in [0.15, 0.2) is 54.6 Å². The third-order valence-electron chi connectivity index (χ3n) is 5.20. The van der Waals surface area contributed by atoms with E-state index in [9.17, 15) is 20.4 Å². The molecular weight excluding hydrogens is 388 g/mol. The van der Waals surface area contributed by atoms with E-state index in [1.807, 2.05) is 30.3 Å². The van der Waals surface area contributed by atoms with Crippen molar-refractivity contribution in [3.05, 3.63) is 77.1 Å². The predicted octanol–water partition coefficient (Wildman–Crippen LogP) is -0.173. The molecule has 1 aliphatic rings. The van der Waals surface area contributed by atoms with Gasteiger partial charge in [-0.3, -0.25) is 0 Å². The molecule has 3 aromatic rings. The summed E-state index contributed by atoms with van der Waals surface area (Å²) < 4.78 is 5.44. The van der Waals surface area contributed by atoms with Gasteiger partial charge in [-0.2, -0.15) is 0 Å². The summed E-state index contributed by atoms with van der Waals surface area (Å²) >= 11 is 0. The van der Waals surface area contributed by atoms with Crippen molar-refractivity contribution in [1.29, 1.82) is 0 Å². The van der Waals surface area contributed by atoms with Crippen LogP contribution in [0.3, 0.4) is 0 Å². The number of ether oxygens (including phenoxy) is 1. The molecule has 5 atom stereocenters. The molecule has 1 fully saturated rings. The van der Waals surface area contributed by atoms with Crippen molar-refractivity contribution in [2.45, 2.75) is 43.5 Å². The molecule has 4 N–H and O–H groups in total. The van der Waals surface area contributed by atoms with Crippen molar-refractivity contribution < 1.29 is 25.2 Å². The number of benzene rings is 2. The first-order valence-corrected chi connectivity index (χ1v) is 9.76. The van der Waals surface area contributed by atoms with Gasteiger partial charge >= 0.3 is 0 Å². The summed E-state index contributed by atoms with van der Waals surface area (Å²) in [7, 11) is 0. The summed E-state index contributed by atoms with van der Waals surface area (Å²) in [6.07, 6.45) is -5.28. The molecule has 0 bridgehead atoms. The van der Waals surface area contributed by atoms with Gasteiger partial charge < -0.3 is 25.2 Å². The van der Waals surface area contributed by atoms with Crippen LogP contribution >= 0.6 is 0 Å². The van der Waals surface area contributed by atoms with Gasteiger partial charge in [0.05, 0.1) is 6.61 Å². The monoisotopic (exact) mass is 412 g/mol. The third kappa shape index (κ3) is 4.40. The van der Waals surface area contributed by atoms with Gasteiger partial charge in [-0.1, -0.05) is 54.6 Å². The molecule has 9 nitrogen and oxygen atoms in total. The summed E-state index contributed by atoms with van der Waals surface area (Å²) in [5, 5.41) is 51.4. The Balaban J connectivity index is 1.42. The van der Waals surface area contributed by atoms with E-state index in [4.69, 9.17) is 4.74 Å². The first-order chi connectivity index (χ1) is 14.5. The Bertz CT molecular complexity index is 948. The van der Waals surface area contributed by atoms with Gasteiger partial charge in [0, 0.05) is 6.42 Å². The molecule has 158 valence electrons. The highest BCUT2D eigenvalue weighted by Crippen LogP contribution is 2.27. The lowest BCUT2D eigenvalue weighted by Crippen LogP contribution is -2.56. The Morgan fingerprint density at radius 1 is 0.800 bits per heavy atom. The molecule has 0 amide bonds. The fourth-order valence-corrected chi connectivity index (χ4v) is 3.50. The van der Waals surface area contributed by atoms with Crippen LogP contribution in [-0.2, 0) is 17.6 Å². The van der Waals surface area contributed by atoms with Gasteiger partial charge in [0.15, 0.2) is 12.1 Å². The van der Waals surface area contributed by atoms with Crippen LogP contribution in [0.2, 0.25) is 0 Å². The number of aliphatic hydroxyl groups excluding tert-OH is 4. The van der Waals surface area contributed by atoms with Crippen LogP contribution in [0.25, 0.3) is 0 Å². The second kappa shape index (κ2) is 8.99. The Labute approximate surface area is 173 Å². The topological polar surface area (TPSA) is 134 Å². The number of aromatic nitrogens is 4. The largest absolute Gasteiger partial charge is 0.394 e. The third-order valence-corrected chi connectivity index (χ3v) is 5.20. The molecular formula is C21H24N4O5. The van der Waals surface area contributed by atoms with Crippen LogP contribution in [-0.4, -0.2) is 71.7 Å². The molecule has 0 saturated carbocycles. The van der Waals surface area contributed by atoms with E-state index in [1.165, 1.54) is 11.1 Å². The van der Waals surface area contributed by atoms with Crippen LogP contribution < -0.4 is 0 Å². The number of aliphatic hydroxyl groups is 4. The zero-order valence-corrected chi connectivity index (χ0v) is 16.2. The van der Waals surface area contributed by atoms with Crippen molar-refractivity contribution >= 4 is 0 Å². The molecule has 0 radical (unpaired) electrons. The van der Waals surface area contributed by atoms with Crippen LogP contribution in [0.5, 0.6) is 0 Å². The van der Waals surface area contributed by atoms with Gasteiger partial charge in [0.25, 0.3) is 0 Å². The minimum absolute atomic E-state index is 0.419. The van der Waals surface area contributed by atoms with Crippen LogP contribution in [0.4, 0.5) is 0 Å². The number of rotatable bonds is 6. The number of hydrogen-bond acceptors (Lipinski definition) is 8. The zero-order chi connectivity index (χ0) is 21.1. The van der Waals surface area contributed by atoms with Crippen molar-refractivity contribution in [3.8, 4) is 0 Å². The van der Waals surface area contributed by atoms with Crippen molar-refractivity contribution in [3.63, 3.8) is 0 Å². The predicted molar refractivity (Wildman–Crippen MR) is 105 cm³/mol. The average Bonchev–Trinajstić information content (AvgIpc) is 3.23. The summed E-state index contributed by atoms with van der Waals surface area (Å²) in [6.45, 7) is -0.516. The fourth-order valence-electron chi connectivity index (χ4n) is 3.50. The molecule has 30 heavy (non-hydrogen) atoms. The maximum Gasteiger partial charge on any atom is 0.199 e. The summed E-state index contributed by atoms with van der Waals surface area (Å²) in [5.41, 5.74) is 3.44. The first kappa shape index (κ1) is 20.6. The van der Waals surface area contributed by atoms with Crippen molar-refractivity contribution in [2.24, 2.45) is 0 Å². The van der Waals surface area contributed by atoms with Crippen molar-refractivity contribution in [2.75, 3.05) is 6.61 Å². The minimum atomic E-state index is -1.49. The molecule has 1 aromatic heterocycles. The van der Waals surface area contributed by atoms with E-state index in [0.29, 0.717) is 12.2 Å². The Hall–Kier alpha value is -2.69. The fraction of sp³-hybridized carbons (Fsp3) is 0.381. The molecule has 4 rings (SSSR count). The summed E-state index contributed by atoms with van der Waals surface area (Å²) in [5.74, 6) is 0.419. The minimum Gasteiger partial charge on any atom is -0.394 e. The molecule has 1 saturated heterocycles. The SMILES string of the molecule is OCC1OC(n2nnc(Cc3ccc(Cc4ccccc4)cc3)n2)C(O)C(O)C1O. The zero-order valence-electron chi connectivity index (χ0n) is 16.2. The molecule has 1 aliphatic heterocycles. The maximum absolute atomic E-state index is 10.2. The van der Waals surface area contributed by atoms with E-state index in [-0.39, 0.29) is 0 Å². The summed E-state index contributed by atoms with van der Waals surface area (Å²) in [4.78, 5) is 1.06. The molecule has 5 unspecified atom stereocenters. The average molecular weight is 412 g/mol. The van der Waals surface area contributed by atoms with Crippen LogP contribution in [0.1, 0.15) is 28.7 Å². The Kier molecular flexibility index (Phi) is 6.16. The van der Waals surface area contributed by atoms with Gasteiger partial charge in [-0.25, -0.2) is 0 Å². The Morgan fingerprint density at radius 3 is 2.10 bits per heavy atom. The van der Waals surface area contributed by atoms with E-state index in [2.05, 4.69) is 39.7 Å². The lowest BCUT2D eigenvalue weighted by molar-refractivity contribution is -0.257. The van der Waals surface area contributed by atoms with Gasteiger partial charge in [0.1, 0.15) is 24.4 Å². The smallest absolute Gasteiger partial charge is 0.199 e. The van der Waals surface area contributed by atoms with E-state index >= 15 is 0 Å². The first-order valence-electron chi connectivity index (χ1n) is 9.76. The van der Waals surface area contributed by atoms with E-state index in [0.717, 1.165) is 16.8 Å². The molecule has 0 spiro atoms. The highest BCUT2D eigenvalue weighted by molar-refractivity contribution is 5.29. The lowest BCUT2D eigenvalue weighted by atomic mass is 9.99. The number of tetrazole rings is 1. The molecule has 2 aromatic carbocycles. The molecule has 2 heterocycles. The standard InChI is InChI=1S/C21H24N4O5/c26-12-16-18(27)19(28)20(29)21(30-16)25-23-17(22-24-25)11-15-8-6-14(7-9-15)10-13-4-2-1-3-5-13/h1-9,16,18-21,26-29H,10-12H2. The second-order valence-electron chi connectivity index (χ2n) is 7.40. The van der Waals surface area contributed by atoms with Gasteiger partial charge in [0.2, 0.25) is 0 Å². The van der Waals surface area contributed by atoms with Gasteiger partial charge in [-0.05, 0) is 28.3 Å². The van der Waals surface area contributed by atoms with Gasteiger partial charge in [-0.15, -0.1) is 15.0 Å². The lowest BCUT2D eigenvalue weighted by Gasteiger charge is -2.38. The van der Waals surface area contributed by atoms with E-state index in [1.54, 1.807) is 0 Å². The highest BCUT2D eigenvalue weighted by atomic mass is 16.6. The second-order valence-corrected chi connectivity index (χ2v) is 7.40. The number of hydrogen-bond donors (Lipinski definition) is 4. The Morgan fingerprint density at radius 2 is 1.43 bits per heavy atom.